The maximum absolute atomic E-state index is 13.6. The summed E-state index contributed by atoms with van der Waals surface area (Å²) in [7, 11) is -2.09. The van der Waals surface area contributed by atoms with Crippen LogP contribution in [0.2, 0.25) is 0 Å². The highest BCUT2D eigenvalue weighted by Crippen LogP contribution is 2.43. The van der Waals surface area contributed by atoms with Gasteiger partial charge in [-0.15, -0.1) is 0 Å². The monoisotopic (exact) mass is 606 g/mol. The SMILES string of the molecule is CC[N+](C)(CC)CCN1C(=O)c2ccc3c4cccc5cccc(c6ccc(c2c36)C1=O)c54.Cc1ccc(S(=O)(=O)[O-])cc1. The summed E-state index contributed by atoms with van der Waals surface area (Å²) in [5.41, 5.74) is 2.20. The van der Waals surface area contributed by atoms with Crippen molar-refractivity contribution in [3.8, 4) is 0 Å². The third-order valence-electron chi connectivity index (χ3n) is 9.30. The van der Waals surface area contributed by atoms with E-state index in [2.05, 4.69) is 69.4 Å². The van der Waals surface area contributed by atoms with Gasteiger partial charge in [0.1, 0.15) is 10.1 Å². The number of nitrogens with zero attached hydrogens (tertiary/aromatic N) is 2. The average Bonchev–Trinajstić information content (AvgIpc) is 3.02. The second kappa shape index (κ2) is 11.0. The number of quaternary nitrogens is 1. The van der Waals surface area contributed by atoms with Crippen molar-refractivity contribution in [3.63, 3.8) is 0 Å². The third kappa shape index (κ3) is 4.89. The molecular weight excluding hydrogens is 572 g/mol. The summed E-state index contributed by atoms with van der Waals surface area (Å²) in [5, 5.41) is 8.82. The van der Waals surface area contributed by atoms with Gasteiger partial charge in [0.25, 0.3) is 11.8 Å². The molecule has 0 N–H and O–H groups in total. The summed E-state index contributed by atoms with van der Waals surface area (Å²) in [6.45, 7) is 9.25. The van der Waals surface area contributed by atoms with Gasteiger partial charge < -0.3 is 9.04 Å². The lowest BCUT2D eigenvalue weighted by Gasteiger charge is -2.35. The maximum Gasteiger partial charge on any atom is 0.261 e. The van der Waals surface area contributed by atoms with Gasteiger partial charge in [-0.1, -0.05) is 66.2 Å². The Morgan fingerprint density at radius 1 is 0.682 bits per heavy atom. The first kappa shape index (κ1) is 29.7. The van der Waals surface area contributed by atoms with Crippen LogP contribution in [0.1, 0.15) is 40.1 Å². The van der Waals surface area contributed by atoms with Crippen molar-refractivity contribution in [2.24, 2.45) is 0 Å². The molecule has 7 nitrogen and oxygen atoms in total. The minimum Gasteiger partial charge on any atom is -0.744 e. The zero-order valence-electron chi connectivity index (χ0n) is 25.3. The Labute approximate surface area is 257 Å². The molecule has 0 radical (unpaired) electrons. The smallest absolute Gasteiger partial charge is 0.261 e. The molecule has 2 amide bonds. The van der Waals surface area contributed by atoms with Crippen LogP contribution in [-0.4, -0.2) is 67.4 Å². The van der Waals surface area contributed by atoms with E-state index in [1.54, 1.807) is 12.1 Å². The van der Waals surface area contributed by atoms with Crippen molar-refractivity contribution in [3.05, 3.63) is 102 Å². The Bertz CT molecular complexity index is 2080. The van der Waals surface area contributed by atoms with E-state index in [1.165, 1.54) is 38.6 Å². The van der Waals surface area contributed by atoms with Gasteiger partial charge in [-0.05, 0) is 82.7 Å². The number of aryl methyl sites for hydroxylation is 1. The number of carbonyl (C=O) groups is 2. The van der Waals surface area contributed by atoms with Crippen LogP contribution in [0.3, 0.4) is 0 Å². The van der Waals surface area contributed by atoms with Crippen molar-refractivity contribution in [1.82, 2.24) is 4.90 Å². The Kier molecular flexibility index (Phi) is 7.40. The lowest BCUT2D eigenvalue weighted by molar-refractivity contribution is -0.905. The molecule has 0 unspecified atom stereocenters. The van der Waals surface area contributed by atoms with Crippen LogP contribution < -0.4 is 0 Å². The van der Waals surface area contributed by atoms with Crippen molar-refractivity contribution in [2.45, 2.75) is 25.7 Å². The fourth-order valence-electron chi connectivity index (χ4n) is 6.26. The summed E-state index contributed by atoms with van der Waals surface area (Å²) in [6.07, 6.45) is 0. The van der Waals surface area contributed by atoms with Crippen LogP contribution in [0.5, 0.6) is 0 Å². The molecule has 1 aliphatic heterocycles. The molecule has 0 atom stereocenters. The highest BCUT2D eigenvalue weighted by Gasteiger charge is 2.35. The number of hydrogen-bond acceptors (Lipinski definition) is 5. The molecule has 1 aliphatic rings. The molecule has 0 aromatic heterocycles. The second-order valence-electron chi connectivity index (χ2n) is 11.8. The molecule has 0 saturated carbocycles. The number of hydrogen-bond donors (Lipinski definition) is 0. The zero-order valence-corrected chi connectivity index (χ0v) is 26.1. The fraction of sp³-hybridized carbons (Fsp3) is 0.222. The molecule has 8 heteroatoms. The van der Waals surface area contributed by atoms with Gasteiger partial charge in [-0.3, -0.25) is 14.5 Å². The quantitative estimate of drug-likeness (QED) is 0.0690. The number of likely N-dealkylation sites (N-methyl/N-ethyl adjacent to an activating group) is 1. The average molecular weight is 607 g/mol. The van der Waals surface area contributed by atoms with Gasteiger partial charge in [0, 0.05) is 16.5 Å². The lowest BCUT2D eigenvalue weighted by atomic mass is 9.85. The molecule has 0 spiro atoms. The third-order valence-corrected chi connectivity index (χ3v) is 10.1. The zero-order chi connectivity index (χ0) is 31.4. The van der Waals surface area contributed by atoms with E-state index in [4.69, 9.17) is 0 Å². The molecule has 0 bridgehead atoms. The van der Waals surface area contributed by atoms with E-state index in [0.29, 0.717) is 17.7 Å². The first-order valence-electron chi connectivity index (χ1n) is 14.8. The molecule has 0 saturated heterocycles. The van der Waals surface area contributed by atoms with Crippen LogP contribution in [0, 0.1) is 6.92 Å². The van der Waals surface area contributed by atoms with Crippen molar-refractivity contribution in [1.29, 1.82) is 0 Å². The molecule has 6 aromatic rings. The van der Waals surface area contributed by atoms with Crippen LogP contribution in [-0.2, 0) is 10.1 Å². The predicted octanol–water partition coefficient (Wildman–Crippen LogP) is 6.72. The summed E-state index contributed by atoms with van der Waals surface area (Å²) < 4.78 is 32.0. The standard InChI is InChI=1S/C29H27N2O2.C7H8O3S/c1-4-31(3,5-2)17-16-30-28(32)23-14-12-21-19-10-6-8-18-9-7-11-20(25(18)19)22-13-15-24(29(30)33)27(23)26(21)22;1-6-2-4-7(5-3-6)11(8,9)10/h6-15H,4-5,16-17H2,1-3H3;2-5H,1H3,(H,8,9,10)/q+1;/p-1. The Morgan fingerprint density at radius 2 is 1.18 bits per heavy atom. The van der Waals surface area contributed by atoms with Crippen molar-refractivity contribution >= 4 is 65.0 Å². The van der Waals surface area contributed by atoms with Gasteiger partial charge >= 0.3 is 0 Å². The summed E-state index contributed by atoms with van der Waals surface area (Å²) in [6, 6.07) is 26.5. The van der Waals surface area contributed by atoms with Gasteiger partial charge in [-0.2, -0.15) is 0 Å². The van der Waals surface area contributed by atoms with Gasteiger partial charge in [-0.25, -0.2) is 8.42 Å². The number of imide groups is 1. The molecule has 44 heavy (non-hydrogen) atoms. The predicted molar refractivity (Wildman–Crippen MR) is 174 cm³/mol. The van der Waals surface area contributed by atoms with Crippen LogP contribution >= 0.6 is 0 Å². The number of rotatable bonds is 6. The van der Waals surface area contributed by atoms with Crippen LogP contribution in [0.4, 0.5) is 0 Å². The van der Waals surface area contributed by atoms with Crippen LogP contribution in [0.25, 0.3) is 43.1 Å². The molecule has 224 valence electrons. The summed E-state index contributed by atoms with van der Waals surface area (Å²) in [5.74, 6) is -0.348. The highest BCUT2D eigenvalue weighted by molar-refractivity contribution is 7.85. The largest absolute Gasteiger partial charge is 0.744 e. The topological polar surface area (TPSA) is 94.6 Å². The van der Waals surface area contributed by atoms with E-state index in [1.807, 2.05) is 19.1 Å². The van der Waals surface area contributed by atoms with E-state index < -0.39 is 10.1 Å². The first-order chi connectivity index (χ1) is 21.0. The van der Waals surface area contributed by atoms with E-state index in [9.17, 15) is 22.6 Å². The number of amides is 2. The van der Waals surface area contributed by atoms with Gasteiger partial charge in [0.15, 0.2) is 0 Å². The van der Waals surface area contributed by atoms with Crippen molar-refractivity contribution < 1.29 is 27.0 Å². The van der Waals surface area contributed by atoms with E-state index in [-0.39, 0.29) is 16.7 Å². The molecule has 6 aromatic carbocycles. The van der Waals surface area contributed by atoms with E-state index >= 15 is 0 Å². The summed E-state index contributed by atoms with van der Waals surface area (Å²) in [4.78, 5) is 28.4. The minimum absolute atomic E-state index is 0.174. The van der Waals surface area contributed by atoms with Crippen LogP contribution in [0.15, 0.2) is 89.8 Å². The number of carbonyl (C=O) groups excluding carboxylic acids is 2. The lowest BCUT2D eigenvalue weighted by Crippen LogP contribution is -2.51. The Morgan fingerprint density at radius 3 is 1.66 bits per heavy atom. The normalized spacial score (nSPS) is 13.7. The summed E-state index contributed by atoms with van der Waals surface area (Å²) >= 11 is 0. The minimum atomic E-state index is -4.27. The van der Waals surface area contributed by atoms with Crippen molar-refractivity contribution in [2.75, 3.05) is 33.2 Å². The number of benzene rings is 6. The van der Waals surface area contributed by atoms with Gasteiger partial charge in [0.05, 0.1) is 38.1 Å². The molecule has 1 heterocycles. The van der Waals surface area contributed by atoms with Gasteiger partial charge in [0.2, 0.25) is 0 Å². The first-order valence-corrected chi connectivity index (χ1v) is 16.2. The molecular formula is C36H34N2O5S. The Hall–Kier alpha value is -4.37. The molecule has 0 fully saturated rings. The second-order valence-corrected chi connectivity index (χ2v) is 13.2. The highest BCUT2D eigenvalue weighted by atomic mass is 32.2. The maximum atomic E-state index is 13.6. The fourth-order valence-corrected chi connectivity index (χ4v) is 6.73. The Balaban J connectivity index is 0.000000265. The molecule has 7 rings (SSSR count). The molecule has 0 aliphatic carbocycles. The van der Waals surface area contributed by atoms with E-state index in [0.717, 1.165) is 51.2 Å². The number of fused-ring (bicyclic) bond motifs is 2.